The lowest BCUT2D eigenvalue weighted by Crippen LogP contribution is -2.76. The summed E-state index contributed by atoms with van der Waals surface area (Å²) in [6.45, 7) is 0. The van der Waals surface area contributed by atoms with E-state index in [9.17, 15) is 9.18 Å². The summed E-state index contributed by atoms with van der Waals surface area (Å²) in [6.07, 6.45) is 1.85. The van der Waals surface area contributed by atoms with Crippen molar-refractivity contribution < 1.29 is 9.18 Å². The quantitative estimate of drug-likeness (QED) is 0.913. The molecule has 2 nitrogen and oxygen atoms in total. The molecular weight excluding hydrogens is 285 g/mol. The molecule has 3 fully saturated rings. The smallest absolute Gasteiger partial charge is 0.224 e. The summed E-state index contributed by atoms with van der Waals surface area (Å²) < 4.78 is 14.2. The first-order valence-electron chi connectivity index (χ1n) is 5.74. The molecule has 0 atom stereocenters. The van der Waals surface area contributed by atoms with Crippen molar-refractivity contribution in [2.24, 2.45) is 0 Å². The highest BCUT2D eigenvalue weighted by Gasteiger charge is 2.69. The van der Waals surface area contributed by atoms with Crippen LogP contribution in [0.4, 0.5) is 4.39 Å². The maximum Gasteiger partial charge on any atom is 0.224 e. The second-order valence-electron chi connectivity index (χ2n) is 5.28. The van der Waals surface area contributed by atoms with E-state index in [-0.39, 0.29) is 11.4 Å². The van der Waals surface area contributed by atoms with Gasteiger partial charge in [-0.3, -0.25) is 4.79 Å². The highest BCUT2D eigenvalue weighted by molar-refractivity contribution is 9.10. The minimum Gasteiger partial charge on any atom is -0.350 e. The number of halogens is 2. The topological polar surface area (TPSA) is 29.1 Å². The third-order valence-electron chi connectivity index (χ3n) is 3.68. The van der Waals surface area contributed by atoms with Crippen LogP contribution in [0.1, 0.15) is 24.8 Å². The molecule has 0 unspecified atom stereocenters. The Balaban J connectivity index is 1.60. The van der Waals surface area contributed by atoms with Crippen LogP contribution < -0.4 is 5.32 Å². The Labute approximate surface area is 108 Å². The zero-order chi connectivity index (χ0) is 12.1. The van der Waals surface area contributed by atoms with E-state index in [1.807, 2.05) is 24.3 Å². The zero-order valence-electron chi connectivity index (χ0n) is 9.30. The SMILES string of the molecule is O=C(Cc1ccccc1Br)NC12CC(F)(C1)C2. The monoisotopic (exact) mass is 297 g/mol. The molecule has 3 aliphatic carbocycles. The van der Waals surface area contributed by atoms with Crippen molar-refractivity contribution in [3.05, 3.63) is 34.3 Å². The van der Waals surface area contributed by atoms with Gasteiger partial charge < -0.3 is 5.32 Å². The number of hydrogen-bond acceptors (Lipinski definition) is 1. The summed E-state index contributed by atoms with van der Waals surface area (Å²) in [4.78, 5) is 11.8. The molecular formula is C13H13BrFNO. The molecule has 0 aliphatic heterocycles. The molecule has 4 rings (SSSR count). The minimum absolute atomic E-state index is 0.0151. The number of alkyl halides is 1. The van der Waals surface area contributed by atoms with Gasteiger partial charge in [0.15, 0.2) is 0 Å². The maximum absolute atomic E-state index is 13.3. The summed E-state index contributed by atoms with van der Waals surface area (Å²) in [5.41, 5.74) is -0.209. The zero-order valence-corrected chi connectivity index (χ0v) is 10.9. The molecule has 4 heteroatoms. The van der Waals surface area contributed by atoms with E-state index in [0.717, 1.165) is 10.0 Å². The number of hydrogen-bond donors (Lipinski definition) is 1. The predicted octanol–water partition coefficient (Wildman–Crippen LogP) is 2.75. The average molecular weight is 298 g/mol. The minimum atomic E-state index is -0.958. The molecule has 1 aromatic carbocycles. The van der Waals surface area contributed by atoms with E-state index < -0.39 is 5.67 Å². The van der Waals surface area contributed by atoms with Gasteiger partial charge >= 0.3 is 0 Å². The van der Waals surface area contributed by atoms with Crippen molar-refractivity contribution in [2.75, 3.05) is 0 Å². The number of carbonyl (C=O) groups excluding carboxylic acids is 1. The third kappa shape index (κ3) is 1.88. The van der Waals surface area contributed by atoms with Gasteiger partial charge in [-0.1, -0.05) is 34.1 Å². The van der Waals surface area contributed by atoms with Gasteiger partial charge in [-0.25, -0.2) is 4.39 Å². The van der Waals surface area contributed by atoms with Crippen molar-refractivity contribution >= 4 is 21.8 Å². The van der Waals surface area contributed by atoms with Gasteiger partial charge in [-0.15, -0.1) is 0 Å². The van der Waals surface area contributed by atoms with Gasteiger partial charge in [-0.05, 0) is 11.6 Å². The van der Waals surface area contributed by atoms with Crippen molar-refractivity contribution in [2.45, 2.75) is 36.9 Å². The Morgan fingerprint density at radius 3 is 2.59 bits per heavy atom. The lowest BCUT2D eigenvalue weighted by atomic mass is 9.47. The first kappa shape index (κ1) is 11.2. The molecule has 3 aliphatic rings. The van der Waals surface area contributed by atoms with Crippen molar-refractivity contribution in [1.82, 2.24) is 5.32 Å². The summed E-state index contributed by atoms with van der Waals surface area (Å²) in [5.74, 6) is -0.0151. The first-order chi connectivity index (χ1) is 8.00. The van der Waals surface area contributed by atoms with E-state index in [1.165, 1.54) is 0 Å². The molecule has 0 heterocycles. The average Bonchev–Trinajstić information content (AvgIpc) is 2.17. The van der Waals surface area contributed by atoms with Crippen LogP contribution in [-0.4, -0.2) is 17.1 Å². The molecule has 17 heavy (non-hydrogen) atoms. The molecule has 0 radical (unpaired) electrons. The largest absolute Gasteiger partial charge is 0.350 e. The second-order valence-corrected chi connectivity index (χ2v) is 6.13. The summed E-state index contributed by atoms with van der Waals surface area (Å²) in [5, 5.41) is 2.96. The summed E-state index contributed by atoms with van der Waals surface area (Å²) in [6, 6.07) is 7.66. The lowest BCUT2D eigenvalue weighted by Gasteiger charge is -2.65. The van der Waals surface area contributed by atoms with E-state index in [2.05, 4.69) is 21.2 Å². The molecule has 3 saturated carbocycles. The van der Waals surface area contributed by atoms with Crippen LogP contribution in [-0.2, 0) is 11.2 Å². The number of rotatable bonds is 3. The van der Waals surface area contributed by atoms with Gasteiger partial charge in [0.05, 0.1) is 6.42 Å². The van der Waals surface area contributed by atoms with E-state index >= 15 is 0 Å². The summed E-state index contributed by atoms with van der Waals surface area (Å²) in [7, 11) is 0. The van der Waals surface area contributed by atoms with Crippen molar-refractivity contribution in [3.8, 4) is 0 Å². The second kappa shape index (κ2) is 3.55. The van der Waals surface area contributed by atoms with Crippen LogP contribution in [0.15, 0.2) is 28.7 Å². The van der Waals surface area contributed by atoms with Crippen LogP contribution in [0.2, 0.25) is 0 Å². The molecule has 1 amide bonds. The van der Waals surface area contributed by atoms with Gasteiger partial charge in [0, 0.05) is 29.3 Å². The van der Waals surface area contributed by atoms with E-state index in [4.69, 9.17) is 0 Å². The molecule has 0 saturated heterocycles. The maximum atomic E-state index is 13.3. The molecule has 90 valence electrons. The Morgan fingerprint density at radius 1 is 1.35 bits per heavy atom. The fourth-order valence-electron chi connectivity index (χ4n) is 2.95. The highest BCUT2D eigenvalue weighted by atomic mass is 79.9. The van der Waals surface area contributed by atoms with Crippen LogP contribution in [0.5, 0.6) is 0 Å². The Morgan fingerprint density at radius 2 is 2.00 bits per heavy atom. The van der Waals surface area contributed by atoms with Crippen LogP contribution in [0, 0.1) is 0 Å². The Kier molecular flexibility index (Phi) is 2.34. The van der Waals surface area contributed by atoms with E-state index in [0.29, 0.717) is 25.7 Å². The van der Waals surface area contributed by atoms with Gasteiger partial charge in [0.25, 0.3) is 0 Å². The van der Waals surface area contributed by atoms with Crippen molar-refractivity contribution in [1.29, 1.82) is 0 Å². The van der Waals surface area contributed by atoms with Crippen molar-refractivity contribution in [3.63, 3.8) is 0 Å². The number of benzene rings is 1. The highest BCUT2D eigenvalue weighted by Crippen LogP contribution is 2.62. The standard InChI is InChI=1S/C13H13BrFNO/c14-10-4-2-1-3-9(10)5-11(17)16-13-6-12(15,7-13)8-13/h1-4H,5-8H2,(H,16,17). The number of amides is 1. The van der Waals surface area contributed by atoms with Gasteiger partial charge in [0.1, 0.15) is 5.67 Å². The normalized spacial score (nSPS) is 33.5. The van der Waals surface area contributed by atoms with Crippen LogP contribution >= 0.6 is 15.9 Å². The third-order valence-corrected chi connectivity index (χ3v) is 4.45. The molecule has 0 spiro atoms. The van der Waals surface area contributed by atoms with Crippen LogP contribution in [0.3, 0.4) is 0 Å². The number of carbonyl (C=O) groups is 1. The van der Waals surface area contributed by atoms with Crippen LogP contribution in [0.25, 0.3) is 0 Å². The lowest BCUT2D eigenvalue weighted by molar-refractivity contribution is -0.174. The number of nitrogens with one attached hydrogen (secondary N) is 1. The molecule has 2 bridgehead atoms. The fourth-order valence-corrected chi connectivity index (χ4v) is 3.38. The fraction of sp³-hybridized carbons (Fsp3) is 0.462. The summed E-state index contributed by atoms with van der Waals surface area (Å²) >= 11 is 3.41. The van der Waals surface area contributed by atoms with E-state index in [1.54, 1.807) is 0 Å². The first-order valence-corrected chi connectivity index (χ1v) is 6.53. The molecule has 0 aromatic heterocycles. The van der Waals surface area contributed by atoms with Gasteiger partial charge in [0.2, 0.25) is 5.91 Å². The molecule has 1 aromatic rings. The molecule has 1 N–H and O–H groups in total. The Hall–Kier alpha value is -0.900. The Bertz CT molecular complexity index is 468. The van der Waals surface area contributed by atoms with Gasteiger partial charge in [-0.2, -0.15) is 0 Å². The predicted molar refractivity (Wildman–Crippen MR) is 66.4 cm³/mol.